The van der Waals surface area contributed by atoms with Crippen molar-refractivity contribution in [3.8, 4) is 0 Å². The fourth-order valence-electron chi connectivity index (χ4n) is 1.78. The molecule has 0 saturated heterocycles. The molecule has 0 bridgehead atoms. The van der Waals surface area contributed by atoms with Crippen LogP contribution in [0.25, 0.3) is 0 Å². The minimum absolute atomic E-state index is 0.0173. The molecule has 5 heteroatoms. The van der Waals surface area contributed by atoms with E-state index in [0.29, 0.717) is 12.0 Å². The van der Waals surface area contributed by atoms with Crippen molar-refractivity contribution in [2.75, 3.05) is 0 Å². The summed E-state index contributed by atoms with van der Waals surface area (Å²) < 4.78 is 27.7. The predicted octanol–water partition coefficient (Wildman–Crippen LogP) is 5.78. The molecule has 1 heterocycles. The lowest BCUT2D eigenvalue weighted by molar-refractivity contribution is 0.498. The van der Waals surface area contributed by atoms with Crippen LogP contribution in [0.1, 0.15) is 20.8 Å². The van der Waals surface area contributed by atoms with E-state index in [1.165, 1.54) is 10.9 Å². The number of rotatable bonds is 3. The van der Waals surface area contributed by atoms with Crippen molar-refractivity contribution in [2.45, 2.75) is 18.2 Å². The van der Waals surface area contributed by atoms with Gasteiger partial charge >= 0.3 is 0 Å². The molecule has 0 fully saturated rings. The fourth-order valence-corrected chi connectivity index (χ4v) is 4.53. The van der Waals surface area contributed by atoms with Gasteiger partial charge in [0.25, 0.3) is 0 Å². The topological polar surface area (TPSA) is 0 Å². The zero-order valence-electron chi connectivity index (χ0n) is 9.51. The van der Waals surface area contributed by atoms with Crippen LogP contribution in [0.4, 0.5) is 8.78 Å². The van der Waals surface area contributed by atoms with Gasteiger partial charge < -0.3 is 0 Å². The van der Waals surface area contributed by atoms with Gasteiger partial charge in [-0.2, -0.15) is 0 Å². The van der Waals surface area contributed by atoms with E-state index in [2.05, 4.69) is 31.9 Å². The third-order valence-electron chi connectivity index (χ3n) is 2.69. The largest absolute Gasteiger partial charge is 0.204 e. The van der Waals surface area contributed by atoms with Crippen LogP contribution in [0.3, 0.4) is 0 Å². The second-order valence-corrected chi connectivity index (χ2v) is 7.69. The Morgan fingerprint density at radius 3 is 2.67 bits per heavy atom. The van der Waals surface area contributed by atoms with Crippen LogP contribution < -0.4 is 0 Å². The Morgan fingerprint density at radius 2 is 2.06 bits per heavy atom. The third-order valence-corrected chi connectivity index (χ3v) is 5.08. The smallest absolute Gasteiger partial charge is 0.162 e. The molecular weight excluding hydrogens is 386 g/mol. The first-order valence-electron chi connectivity index (χ1n) is 5.32. The molecule has 1 atom stereocenters. The normalized spacial score (nSPS) is 12.7. The van der Waals surface area contributed by atoms with E-state index in [4.69, 9.17) is 0 Å². The van der Waals surface area contributed by atoms with Gasteiger partial charge in [-0.3, -0.25) is 0 Å². The van der Waals surface area contributed by atoms with Crippen LogP contribution in [0, 0.1) is 18.6 Å². The molecule has 18 heavy (non-hydrogen) atoms. The van der Waals surface area contributed by atoms with Gasteiger partial charge in [0.2, 0.25) is 0 Å². The highest BCUT2D eigenvalue weighted by atomic mass is 79.9. The Morgan fingerprint density at radius 1 is 1.33 bits per heavy atom. The van der Waals surface area contributed by atoms with E-state index in [9.17, 15) is 8.78 Å². The number of halogens is 4. The quantitative estimate of drug-likeness (QED) is 0.578. The lowest BCUT2D eigenvalue weighted by Gasteiger charge is -2.10. The van der Waals surface area contributed by atoms with Gasteiger partial charge in [0.1, 0.15) is 0 Å². The summed E-state index contributed by atoms with van der Waals surface area (Å²) in [6.45, 7) is 2.01. The van der Waals surface area contributed by atoms with Gasteiger partial charge in [-0.1, -0.05) is 28.1 Å². The van der Waals surface area contributed by atoms with E-state index in [1.54, 1.807) is 17.4 Å². The average molecular weight is 396 g/mol. The minimum Gasteiger partial charge on any atom is -0.204 e. The molecule has 0 N–H and O–H groups in total. The van der Waals surface area contributed by atoms with E-state index in [-0.39, 0.29) is 4.83 Å². The number of hydrogen-bond acceptors (Lipinski definition) is 1. The second-order valence-electron chi connectivity index (χ2n) is 3.95. The van der Waals surface area contributed by atoms with Gasteiger partial charge in [0.15, 0.2) is 11.6 Å². The zero-order valence-corrected chi connectivity index (χ0v) is 13.5. The highest BCUT2D eigenvalue weighted by Gasteiger charge is 2.17. The lowest BCUT2D eigenvalue weighted by atomic mass is 10.0. The van der Waals surface area contributed by atoms with Crippen molar-refractivity contribution in [3.63, 3.8) is 0 Å². The van der Waals surface area contributed by atoms with Crippen molar-refractivity contribution in [3.05, 3.63) is 55.7 Å². The first-order chi connectivity index (χ1) is 8.49. The maximum absolute atomic E-state index is 13.6. The summed E-state index contributed by atoms with van der Waals surface area (Å²) in [5.74, 6) is -1.55. The molecule has 0 aliphatic rings. The second kappa shape index (κ2) is 5.80. The van der Waals surface area contributed by atoms with Gasteiger partial charge in [-0.05, 0) is 52.5 Å². The van der Waals surface area contributed by atoms with Crippen molar-refractivity contribution in [1.82, 2.24) is 0 Å². The summed E-state index contributed by atoms with van der Waals surface area (Å²) in [4.78, 5) is 1.15. The summed E-state index contributed by atoms with van der Waals surface area (Å²) in [6.07, 6.45) is 0.424. The van der Waals surface area contributed by atoms with Crippen LogP contribution >= 0.6 is 43.2 Å². The number of alkyl halides is 1. The van der Waals surface area contributed by atoms with E-state index in [0.717, 1.165) is 15.4 Å². The molecule has 0 aliphatic carbocycles. The molecular formula is C13H10Br2F2S. The zero-order chi connectivity index (χ0) is 13.3. The van der Waals surface area contributed by atoms with Crippen LogP contribution in [-0.4, -0.2) is 0 Å². The van der Waals surface area contributed by atoms with Crippen LogP contribution in [0.2, 0.25) is 0 Å². The average Bonchev–Trinajstić information content (AvgIpc) is 2.64. The van der Waals surface area contributed by atoms with Crippen molar-refractivity contribution in [2.24, 2.45) is 0 Å². The molecule has 96 valence electrons. The number of aryl methyl sites for hydroxylation is 1. The van der Waals surface area contributed by atoms with Gasteiger partial charge in [0, 0.05) is 9.70 Å². The molecule has 0 nitrogen and oxygen atoms in total. The fraction of sp³-hybridized carbons (Fsp3) is 0.231. The third kappa shape index (κ3) is 3.00. The highest BCUT2D eigenvalue weighted by Crippen LogP contribution is 2.36. The molecule has 2 aromatic rings. The van der Waals surface area contributed by atoms with Crippen molar-refractivity contribution >= 4 is 43.2 Å². The SMILES string of the molecule is Cc1sc(Br)cc1C(Br)Cc1cccc(F)c1F. The van der Waals surface area contributed by atoms with Gasteiger partial charge in [-0.25, -0.2) is 8.78 Å². The van der Waals surface area contributed by atoms with Crippen LogP contribution in [0.15, 0.2) is 28.1 Å². The predicted molar refractivity (Wildman–Crippen MR) is 78.5 cm³/mol. The minimum atomic E-state index is -0.796. The van der Waals surface area contributed by atoms with E-state index in [1.807, 2.05) is 13.0 Å². The summed E-state index contributed by atoms with van der Waals surface area (Å²) in [5.41, 5.74) is 1.49. The van der Waals surface area contributed by atoms with Crippen molar-refractivity contribution in [1.29, 1.82) is 0 Å². The molecule has 0 aliphatic heterocycles. The molecule has 1 aromatic carbocycles. The first kappa shape index (κ1) is 14.2. The Labute approximate surface area is 125 Å². The highest BCUT2D eigenvalue weighted by molar-refractivity contribution is 9.11. The summed E-state index contributed by atoms with van der Waals surface area (Å²) in [5, 5.41) is 0. The standard InChI is InChI=1S/C13H10Br2F2S/c1-7-9(6-12(15)18-7)10(14)5-8-3-2-4-11(16)13(8)17/h2-4,6,10H,5H2,1H3. The van der Waals surface area contributed by atoms with E-state index >= 15 is 0 Å². The Balaban J connectivity index is 2.24. The number of hydrogen-bond donors (Lipinski definition) is 0. The number of benzene rings is 1. The maximum Gasteiger partial charge on any atom is 0.162 e. The summed E-state index contributed by atoms with van der Waals surface area (Å²) >= 11 is 8.60. The summed E-state index contributed by atoms with van der Waals surface area (Å²) in [7, 11) is 0. The van der Waals surface area contributed by atoms with Crippen LogP contribution in [0.5, 0.6) is 0 Å². The number of thiophene rings is 1. The summed E-state index contributed by atoms with van der Waals surface area (Å²) in [6, 6.07) is 6.29. The van der Waals surface area contributed by atoms with Crippen molar-refractivity contribution < 1.29 is 8.78 Å². The lowest BCUT2D eigenvalue weighted by Crippen LogP contribution is -2.00. The van der Waals surface area contributed by atoms with Gasteiger partial charge in [-0.15, -0.1) is 11.3 Å². The maximum atomic E-state index is 13.6. The Kier molecular flexibility index (Phi) is 4.56. The Hall–Kier alpha value is -0.260. The van der Waals surface area contributed by atoms with Gasteiger partial charge in [0.05, 0.1) is 3.79 Å². The van der Waals surface area contributed by atoms with Crippen LogP contribution in [-0.2, 0) is 6.42 Å². The molecule has 1 unspecified atom stereocenters. The molecule has 0 amide bonds. The molecule has 2 rings (SSSR count). The molecule has 0 saturated carbocycles. The molecule has 1 aromatic heterocycles. The van der Waals surface area contributed by atoms with E-state index < -0.39 is 11.6 Å². The monoisotopic (exact) mass is 394 g/mol. The molecule has 0 radical (unpaired) electrons. The molecule has 0 spiro atoms. The Bertz CT molecular complexity index is 566. The first-order valence-corrected chi connectivity index (χ1v) is 7.84.